The van der Waals surface area contributed by atoms with Gasteiger partial charge in [0.25, 0.3) is 0 Å². The summed E-state index contributed by atoms with van der Waals surface area (Å²) in [5.41, 5.74) is 1.81. The third kappa shape index (κ3) is 1.89. The van der Waals surface area contributed by atoms with Crippen LogP contribution in [0.5, 0.6) is 0 Å². The second kappa shape index (κ2) is 4.10. The standard InChI is InChI=1S/C11H9Br2N3O/c12-6-3-10(17)16(5-6)7-1-2-9-8(4-7)11(13)15-14-9/h1-2,4,6H,3,5H2,(H,14,15). The van der Waals surface area contributed by atoms with E-state index in [4.69, 9.17) is 0 Å². The van der Waals surface area contributed by atoms with E-state index in [1.165, 1.54) is 0 Å². The van der Waals surface area contributed by atoms with E-state index in [0.717, 1.165) is 27.7 Å². The van der Waals surface area contributed by atoms with Crippen LogP contribution in [0.2, 0.25) is 0 Å². The maximum Gasteiger partial charge on any atom is 0.228 e. The Balaban J connectivity index is 2.06. The first-order valence-electron chi connectivity index (χ1n) is 5.23. The molecule has 2 aromatic rings. The first kappa shape index (κ1) is 11.2. The molecule has 1 unspecified atom stereocenters. The van der Waals surface area contributed by atoms with Crippen LogP contribution in [0.3, 0.4) is 0 Å². The lowest BCUT2D eigenvalue weighted by Gasteiger charge is -2.15. The van der Waals surface area contributed by atoms with Gasteiger partial charge in [-0.2, -0.15) is 5.10 Å². The molecular formula is C11H9Br2N3O. The van der Waals surface area contributed by atoms with E-state index in [2.05, 4.69) is 42.1 Å². The van der Waals surface area contributed by atoms with Gasteiger partial charge in [-0.3, -0.25) is 9.89 Å². The summed E-state index contributed by atoms with van der Waals surface area (Å²) in [7, 11) is 0. The molecule has 0 bridgehead atoms. The monoisotopic (exact) mass is 357 g/mol. The van der Waals surface area contributed by atoms with Gasteiger partial charge in [0.15, 0.2) is 0 Å². The zero-order valence-corrected chi connectivity index (χ0v) is 12.0. The van der Waals surface area contributed by atoms with Gasteiger partial charge in [-0.25, -0.2) is 0 Å². The summed E-state index contributed by atoms with van der Waals surface area (Å²) in [6.07, 6.45) is 0.560. The Bertz CT molecular complexity index is 595. The number of nitrogens with zero attached hydrogens (tertiary/aromatic N) is 2. The molecule has 1 aromatic carbocycles. The van der Waals surface area contributed by atoms with E-state index in [1.807, 2.05) is 18.2 Å². The maximum atomic E-state index is 11.8. The smallest absolute Gasteiger partial charge is 0.228 e. The molecule has 1 N–H and O–H groups in total. The quantitative estimate of drug-likeness (QED) is 0.797. The predicted octanol–water partition coefficient (Wildman–Crippen LogP) is 2.83. The van der Waals surface area contributed by atoms with Crippen LogP contribution in [0.4, 0.5) is 5.69 Å². The molecule has 2 heterocycles. The molecule has 1 saturated heterocycles. The van der Waals surface area contributed by atoms with Crippen LogP contribution in [-0.2, 0) is 4.79 Å². The molecule has 1 aromatic heterocycles. The summed E-state index contributed by atoms with van der Waals surface area (Å²) < 4.78 is 0.844. The zero-order valence-electron chi connectivity index (χ0n) is 8.78. The van der Waals surface area contributed by atoms with E-state index < -0.39 is 0 Å². The highest BCUT2D eigenvalue weighted by Gasteiger charge is 2.28. The summed E-state index contributed by atoms with van der Waals surface area (Å²) >= 11 is 6.89. The fourth-order valence-corrected chi connectivity index (χ4v) is 3.02. The number of halogens is 2. The number of amides is 1. The molecule has 1 amide bonds. The predicted molar refractivity (Wildman–Crippen MR) is 73.5 cm³/mol. The first-order chi connectivity index (χ1) is 8.15. The van der Waals surface area contributed by atoms with Crippen molar-refractivity contribution in [3.63, 3.8) is 0 Å². The minimum atomic E-state index is 0.158. The lowest BCUT2D eigenvalue weighted by molar-refractivity contribution is -0.117. The van der Waals surface area contributed by atoms with E-state index in [0.29, 0.717) is 6.42 Å². The molecule has 1 atom stereocenters. The van der Waals surface area contributed by atoms with E-state index >= 15 is 0 Å². The largest absolute Gasteiger partial charge is 0.311 e. The van der Waals surface area contributed by atoms with Gasteiger partial charge in [0.05, 0.1) is 5.52 Å². The van der Waals surface area contributed by atoms with Gasteiger partial charge in [-0.1, -0.05) is 15.9 Å². The third-order valence-corrected chi connectivity index (χ3v) is 4.10. The number of hydrogen-bond acceptors (Lipinski definition) is 2. The molecule has 4 nitrogen and oxygen atoms in total. The van der Waals surface area contributed by atoms with Crippen molar-refractivity contribution in [1.29, 1.82) is 0 Å². The molecule has 1 fully saturated rings. The number of aromatic amines is 1. The lowest BCUT2D eigenvalue weighted by atomic mass is 10.2. The van der Waals surface area contributed by atoms with Crippen LogP contribution in [0, 0.1) is 0 Å². The number of fused-ring (bicyclic) bond motifs is 1. The minimum Gasteiger partial charge on any atom is -0.311 e. The van der Waals surface area contributed by atoms with Gasteiger partial charge in [0.2, 0.25) is 5.91 Å². The van der Waals surface area contributed by atoms with Crippen molar-refractivity contribution in [2.45, 2.75) is 11.2 Å². The number of hydrogen-bond donors (Lipinski definition) is 1. The van der Waals surface area contributed by atoms with Crippen LogP contribution < -0.4 is 4.90 Å². The average Bonchev–Trinajstić information content (AvgIpc) is 2.83. The molecule has 0 aliphatic carbocycles. The molecule has 88 valence electrons. The SMILES string of the molecule is O=C1CC(Br)CN1c1ccc2n[nH]c(Br)c2c1. The molecule has 17 heavy (non-hydrogen) atoms. The number of aromatic nitrogens is 2. The number of carbonyl (C=O) groups excluding carboxylic acids is 1. The summed E-state index contributed by atoms with van der Waals surface area (Å²) in [5.74, 6) is 0.158. The fourth-order valence-electron chi connectivity index (χ4n) is 2.05. The van der Waals surface area contributed by atoms with Gasteiger partial charge in [0.1, 0.15) is 4.60 Å². The van der Waals surface area contributed by atoms with Crippen LogP contribution in [0.15, 0.2) is 22.8 Å². The molecule has 0 radical (unpaired) electrons. The highest BCUT2D eigenvalue weighted by Crippen LogP contribution is 2.30. The molecule has 3 rings (SSSR count). The third-order valence-electron chi connectivity index (χ3n) is 2.88. The summed E-state index contributed by atoms with van der Waals surface area (Å²) in [5, 5.41) is 8.00. The Kier molecular flexibility index (Phi) is 2.71. The normalized spacial score (nSPS) is 20.5. The molecule has 0 spiro atoms. The van der Waals surface area contributed by atoms with Crippen LogP contribution >= 0.6 is 31.9 Å². The molecule has 1 aliphatic heterocycles. The maximum absolute atomic E-state index is 11.8. The van der Waals surface area contributed by atoms with Gasteiger partial charge >= 0.3 is 0 Å². The van der Waals surface area contributed by atoms with E-state index in [1.54, 1.807) is 4.90 Å². The Morgan fingerprint density at radius 3 is 3.00 bits per heavy atom. The van der Waals surface area contributed by atoms with Crippen molar-refractivity contribution in [2.24, 2.45) is 0 Å². The lowest BCUT2D eigenvalue weighted by Crippen LogP contribution is -2.24. The summed E-state index contributed by atoms with van der Waals surface area (Å²) in [4.78, 5) is 13.9. The minimum absolute atomic E-state index is 0.158. The van der Waals surface area contributed by atoms with Gasteiger partial charge in [-0.15, -0.1) is 0 Å². The highest BCUT2D eigenvalue weighted by atomic mass is 79.9. The molecular weight excluding hydrogens is 350 g/mol. The van der Waals surface area contributed by atoms with Gasteiger partial charge < -0.3 is 4.90 Å². The van der Waals surface area contributed by atoms with Crippen molar-refractivity contribution in [1.82, 2.24) is 10.2 Å². The van der Waals surface area contributed by atoms with Crippen LogP contribution in [0.25, 0.3) is 10.9 Å². The molecule has 6 heteroatoms. The Morgan fingerprint density at radius 2 is 2.29 bits per heavy atom. The second-order valence-electron chi connectivity index (χ2n) is 4.04. The fraction of sp³-hybridized carbons (Fsp3) is 0.273. The number of alkyl halides is 1. The second-order valence-corrected chi connectivity index (χ2v) is 6.13. The molecule has 1 aliphatic rings. The van der Waals surface area contributed by atoms with Gasteiger partial charge in [-0.05, 0) is 34.1 Å². The first-order valence-corrected chi connectivity index (χ1v) is 6.94. The van der Waals surface area contributed by atoms with Crippen molar-refractivity contribution in [2.75, 3.05) is 11.4 Å². The van der Waals surface area contributed by atoms with Crippen molar-refractivity contribution in [3.8, 4) is 0 Å². The average molecular weight is 359 g/mol. The Hall–Kier alpha value is -0.880. The Morgan fingerprint density at radius 1 is 1.47 bits per heavy atom. The number of rotatable bonds is 1. The molecule has 0 saturated carbocycles. The summed E-state index contributed by atoms with van der Waals surface area (Å²) in [6.45, 7) is 0.722. The summed E-state index contributed by atoms with van der Waals surface area (Å²) in [6, 6.07) is 5.82. The number of nitrogens with one attached hydrogen (secondary N) is 1. The zero-order chi connectivity index (χ0) is 12.0. The number of carbonyl (C=O) groups is 1. The number of anilines is 1. The van der Waals surface area contributed by atoms with Gasteiger partial charge in [0, 0.05) is 28.9 Å². The van der Waals surface area contributed by atoms with Crippen molar-refractivity contribution in [3.05, 3.63) is 22.8 Å². The Labute approximate surface area is 115 Å². The number of H-pyrrole nitrogens is 1. The van der Waals surface area contributed by atoms with Crippen LogP contribution in [-0.4, -0.2) is 27.5 Å². The van der Waals surface area contributed by atoms with Crippen molar-refractivity contribution >= 4 is 54.4 Å². The van der Waals surface area contributed by atoms with Crippen LogP contribution in [0.1, 0.15) is 6.42 Å². The highest BCUT2D eigenvalue weighted by molar-refractivity contribution is 9.10. The number of benzene rings is 1. The topological polar surface area (TPSA) is 49.0 Å². The van der Waals surface area contributed by atoms with E-state index in [-0.39, 0.29) is 10.7 Å². The van der Waals surface area contributed by atoms with E-state index in [9.17, 15) is 4.79 Å². The van der Waals surface area contributed by atoms with Crippen molar-refractivity contribution < 1.29 is 4.79 Å².